The fourth-order valence-corrected chi connectivity index (χ4v) is 4.34. The lowest BCUT2D eigenvalue weighted by atomic mass is 10.0. The molecule has 0 aromatic heterocycles. The number of carbonyl (C=O) groups is 1. The molecule has 2 rings (SSSR count). The molecule has 2 heterocycles. The minimum absolute atomic E-state index is 0.0715. The second-order valence-corrected chi connectivity index (χ2v) is 8.28. The highest BCUT2D eigenvalue weighted by Gasteiger charge is 2.35. The highest BCUT2D eigenvalue weighted by Crippen LogP contribution is 2.21. The first-order chi connectivity index (χ1) is 9.37. The first kappa shape index (κ1) is 15.7. The van der Waals surface area contributed by atoms with Crippen molar-refractivity contribution in [3.05, 3.63) is 0 Å². The Morgan fingerprint density at radius 3 is 2.40 bits per heavy atom. The lowest BCUT2D eigenvalue weighted by molar-refractivity contribution is -0.138. The minimum atomic E-state index is -2.96. The average Bonchev–Trinajstić information content (AvgIpc) is 2.64. The molecule has 0 saturated carbocycles. The number of carbonyl (C=O) groups excluding carboxylic acids is 1. The van der Waals surface area contributed by atoms with Crippen LogP contribution >= 0.6 is 0 Å². The number of hydrogen-bond donors (Lipinski definition) is 0. The van der Waals surface area contributed by atoms with E-state index in [-0.39, 0.29) is 23.5 Å². The summed E-state index contributed by atoms with van der Waals surface area (Å²) in [6.45, 7) is 2.65. The van der Waals surface area contributed by atoms with E-state index in [4.69, 9.17) is 4.74 Å². The van der Waals surface area contributed by atoms with Gasteiger partial charge in [-0.15, -0.1) is 0 Å². The molecule has 0 radical (unpaired) electrons. The van der Waals surface area contributed by atoms with Crippen molar-refractivity contribution in [2.24, 2.45) is 5.92 Å². The summed E-state index contributed by atoms with van der Waals surface area (Å²) >= 11 is 0. The largest absolute Gasteiger partial charge is 0.381 e. The predicted molar refractivity (Wildman–Crippen MR) is 76.3 cm³/mol. The molecule has 6 nitrogen and oxygen atoms in total. The Bertz CT molecular complexity index is 445. The Morgan fingerprint density at radius 1 is 1.25 bits per heavy atom. The van der Waals surface area contributed by atoms with Gasteiger partial charge in [-0.25, -0.2) is 8.42 Å². The van der Waals surface area contributed by atoms with Crippen molar-refractivity contribution in [1.29, 1.82) is 0 Å². The van der Waals surface area contributed by atoms with Crippen LogP contribution < -0.4 is 0 Å². The van der Waals surface area contributed by atoms with Crippen molar-refractivity contribution in [2.75, 3.05) is 51.9 Å². The molecular formula is C13H24N2O4S. The standard InChI is InChI=1S/C13H24N2O4S/c1-14(2)4-5-15(12-3-6-20(17,18)10-12)13(16)7-11-8-19-9-11/h11-12H,3-10H2,1-2H3. The molecule has 0 N–H and O–H groups in total. The van der Waals surface area contributed by atoms with E-state index in [2.05, 4.69) is 0 Å². The molecule has 7 heteroatoms. The number of ether oxygens (including phenoxy) is 1. The van der Waals surface area contributed by atoms with E-state index in [1.165, 1.54) is 0 Å². The van der Waals surface area contributed by atoms with E-state index < -0.39 is 9.84 Å². The molecule has 116 valence electrons. The van der Waals surface area contributed by atoms with Crippen LogP contribution in [0.1, 0.15) is 12.8 Å². The summed E-state index contributed by atoms with van der Waals surface area (Å²) in [4.78, 5) is 16.2. The summed E-state index contributed by atoms with van der Waals surface area (Å²) in [5, 5.41) is 0. The Morgan fingerprint density at radius 2 is 1.95 bits per heavy atom. The fraction of sp³-hybridized carbons (Fsp3) is 0.923. The monoisotopic (exact) mass is 304 g/mol. The zero-order valence-corrected chi connectivity index (χ0v) is 13.1. The van der Waals surface area contributed by atoms with Crippen LogP contribution in [0.5, 0.6) is 0 Å². The second-order valence-electron chi connectivity index (χ2n) is 6.05. The van der Waals surface area contributed by atoms with Gasteiger partial charge in [0.05, 0.1) is 24.7 Å². The van der Waals surface area contributed by atoms with Crippen molar-refractivity contribution in [2.45, 2.75) is 18.9 Å². The first-order valence-electron chi connectivity index (χ1n) is 7.10. The molecule has 20 heavy (non-hydrogen) atoms. The smallest absolute Gasteiger partial charge is 0.223 e. The van der Waals surface area contributed by atoms with Crippen molar-refractivity contribution < 1.29 is 17.9 Å². The van der Waals surface area contributed by atoms with Gasteiger partial charge in [0.2, 0.25) is 5.91 Å². The quantitative estimate of drug-likeness (QED) is 0.668. The van der Waals surface area contributed by atoms with E-state index in [0.717, 1.165) is 6.54 Å². The molecular weight excluding hydrogens is 280 g/mol. The van der Waals surface area contributed by atoms with Crippen molar-refractivity contribution in [3.63, 3.8) is 0 Å². The molecule has 1 amide bonds. The zero-order valence-electron chi connectivity index (χ0n) is 12.2. The summed E-state index contributed by atoms with van der Waals surface area (Å²) in [6, 6.07) is -0.145. The molecule has 2 aliphatic heterocycles. The molecule has 0 aromatic carbocycles. The van der Waals surface area contributed by atoms with Crippen LogP contribution in [0.2, 0.25) is 0 Å². The highest BCUT2D eigenvalue weighted by molar-refractivity contribution is 7.91. The van der Waals surface area contributed by atoms with E-state index in [0.29, 0.717) is 38.5 Å². The Kier molecular flexibility index (Phi) is 5.04. The summed E-state index contributed by atoms with van der Waals surface area (Å²) in [7, 11) is 0.940. The number of rotatable bonds is 6. The number of amides is 1. The fourth-order valence-electron chi connectivity index (χ4n) is 2.61. The van der Waals surface area contributed by atoms with Gasteiger partial charge < -0.3 is 14.5 Å². The van der Waals surface area contributed by atoms with E-state index >= 15 is 0 Å². The van der Waals surface area contributed by atoms with Crippen LogP contribution in [0.25, 0.3) is 0 Å². The molecule has 2 saturated heterocycles. The van der Waals surface area contributed by atoms with Gasteiger partial charge in [0.1, 0.15) is 0 Å². The van der Waals surface area contributed by atoms with Crippen LogP contribution in [0, 0.1) is 5.92 Å². The van der Waals surface area contributed by atoms with Crippen LogP contribution in [0.3, 0.4) is 0 Å². The first-order valence-corrected chi connectivity index (χ1v) is 8.92. The van der Waals surface area contributed by atoms with Gasteiger partial charge in [-0.2, -0.15) is 0 Å². The summed E-state index contributed by atoms with van der Waals surface area (Å²) in [5.74, 6) is 0.702. The van der Waals surface area contributed by atoms with Gasteiger partial charge in [0.25, 0.3) is 0 Å². The Labute approximate surface area is 121 Å². The van der Waals surface area contributed by atoms with E-state index in [1.807, 2.05) is 19.0 Å². The van der Waals surface area contributed by atoms with Gasteiger partial charge in [-0.3, -0.25) is 4.79 Å². The molecule has 0 aliphatic carbocycles. The zero-order chi connectivity index (χ0) is 14.8. The van der Waals surface area contributed by atoms with E-state index in [1.54, 1.807) is 4.90 Å². The lowest BCUT2D eigenvalue weighted by Gasteiger charge is -2.33. The minimum Gasteiger partial charge on any atom is -0.381 e. The number of nitrogens with zero attached hydrogens (tertiary/aromatic N) is 2. The summed E-state index contributed by atoms with van der Waals surface area (Å²) < 4.78 is 28.4. The maximum Gasteiger partial charge on any atom is 0.223 e. The third-order valence-electron chi connectivity index (χ3n) is 3.93. The topological polar surface area (TPSA) is 66.9 Å². The lowest BCUT2D eigenvalue weighted by Crippen LogP contribution is -2.46. The van der Waals surface area contributed by atoms with Crippen molar-refractivity contribution in [1.82, 2.24) is 9.80 Å². The van der Waals surface area contributed by atoms with Crippen LogP contribution in [0.4, 0.5) is 0 Å². The van der Waals surface area contributed by atoms with Gasteiger partial charge >= 0.3 is 0 Å². The molecule has 0 aromatic rings. The molecule has 2 aliphatic rings. The Balaban J connectivity index is 1.97. The Hall–Kier alpha value is -0.660. The molecule has 0 bridgehead atoms. The molecule has 0 spiro atoms. The number of hydrogen-bond acceptors (Lipinski definition) is 5. The maximum absolute atomic E-state index is 12.4. The highest BCUT2D eigenvalue weighted by atomic mass is 32.2. The summed E-state index contributed by atoms with van der Waals surface area (Å²) in [5.41, 5.74) is 0. The van der Waals surface area contributed by atoms with Gasteiger partial charge in [-0.1, -0.05) is 0 Å². The number of likely N-dealkylation sites (N-methyl/N-ethyl adjacent to an activating group) is 1. The van der Waals surface area contributed by atoms with Gasteiger partial charge in [0, 0.05) is 31.5 Å². The SMILES string of the molecule is CN(C)CCN(C(=O)CC1COC1)C1CCS(=O)(=O)C1. The third kappa shape index (κ3) is 4.17. The third-order valence-corrected chi connectivity index (χ3v) is 5.68. The second kappa shape index (κ2) is 6.41. The van der Waals surface area contributed by atoms with E-state index in [9.17, 15) is 13.2 Å². The predicted octanol–water partition coefficient (Wildman–Crippen LogP) is -0.400. The van der Waals surface area contributed by atoms with Gasteiger partial charge in [0.15, 0.2) is 9.84 Å². The van der Waals surface area contributed by atoms with Crippen LogP contribution in [0.15, 0.2) is 0 Å². The average molecular weight is 304 g/mol. The van der Waals surface area contributed by atoms with Gasteiger partial charge in [-0.05, 0) is 20.5 Å². The maximum atomic E-state index is 12.4. The number of sulfone groups is 1. The summed E-state index contributed by atoms with van der Waals surface area (Å²) in [6.07, 6.45) is 1.05. The van der Waals surface area contributed by atoms with Crippen LogP contribution in [-0.4, -0.2) is 82.1 Å². The normalized spacial score (nSPS) is 25.6. The molecule has 1 unspecified atom stereocenters. The van der Waals surface area contributed by atoms with Crippen LogP contribution in [-0.2, 0) is 19.4 Å². The molecule has 1 atom stereocenters. The molecule has 2 fully saturated rings. The van der Waals surface area contributed by atoms with Crippen molar-refractivity contribution >= 4 is 15.7 Å². The van der Waals surface area contributed by atoms with Crippen molar-refractivity contribution in [3.8, 4) is 0 Å².